The van der Waals surface area contributed by atoms with Crippen LogP contribution in [0.25, 0.3) is 5.52 Å². The van der Waals surface area contributed by atoms with E-state index in [1.54, 1.807) is 23.1 Å². The maximum absolute atomic E-state index is 11.7. The first-order valence-electron chi connectivity index (χ1n) is 4.75. The number of fused-ring (bicyclic) bond motifs is 1. The topological polar surface area (TPSA) is 83.1 Å². The predicted molar refractivity (Wildman–Crippen MR) is 55.6 cm³/mol. The van der Waals surface area contributed by atoms with Gasteiger partial charge in [-0.05, 0) is 0 Å². The minimum absolute atomic E-state index is 0.238. The van der Waals surface area contributed by atoms with Crippen molar-refractivity contribution in [2.45, 2.75) is 6.42 Å². The van der Waals surface area contributed by atoms with Gasteiger partial charge in [-0.3, -0.25) is 9.78 Å². The highest BCUT2D eigenvalue weighted by molar-refractivity contribution is 6.00. The summed E-state index contributed by atoms with van der Waals surface area (Å²) in [6, 6.07) is 1.96. The number of nitrogens with one attached hydrogen (secondary N) is 1. The number of hydrogen-bond donors (Lipinski definition) is 1. The molecule has 0 saturated carbocycles. The molecular weight excluding hydrogens is 206 g/mol. The summed E-state index contributed by atoms with van der Waals surface area (Å²) < 4.78 is 1.58. The highest BCUT2D eigenvalue weighted by atomic mass is 16.1. The van der Waals surface area contributed by atoms with Crippen LogP contribution in [0.2, 0.25) is 0 Å². The number of nitriles is 1. The monoisotopic (exact) mass is 215 g/mol. The summed E-state index contributed by atoms with van der Waals surface area (Å²) in [4.78, 5) is 15.6. The zero-order chi connectivity index (χ0) is 11.4. The Hall–Kier alpha value is -2.42. The van der Waals surface area contributed by atoms with Crippen molar-refractivity contribution in [1.82, 2.24) is 19.9 Å². The molecule has 1 N–H and O–H groups in total. The van der Waals surface area contributed by atoms with E-state index < -0.39 is 0 Å². The fraction of sp³-hybridized carbons (Fsp3) is 0.200. The number of hydrogen-bond acceptors (Lipinski definition) is 4. The lowest BCUT2D eigenvalue weighted by Gasteiger charge is -2.00. The third-order valence-corrected chi connectivity index (χ3v) is 2.09. The maximum atomic E-state index is 11.7. The molecule has 0 spiro atoms. The molecule has 2 aromatic rings. The molecule has 0 saturated heterocycles. The van der Waals surface area contributed by atoms with Crippen LogP contribution < -0.4 is 5.32 Å². The molecule has 0 radical (unpaired) electrons. The number of carbonyl (C=O) groups excluding carboxylic acids is 1. The van der Waals surface area contributed by atoms with Gasteiger partial charge in [0.05, 0.1) is 36.0 Å². The summed E-state index contributed by atoms with van der Waals surface area (Å²) in [5, 5.41) is 15.0. The molecule has 0 unspecified atom stereocenters. The number of aromatic nitrogens is 3. The second kappa shape index (κ2) is 4.40. The Labute approximate surface area is 91.5 Å². The SMILES string of the molecule is N#CCCNC(=O)c1cnn2ccncc12. The molecule has 0 atom stereocenters. The number of carbonyl (C=O) groups is 1. The average Bonchev–Trinajstić information content (AvgIpc) is 2.73. The summed E-state index contributed by atoms with van der Waals surface area (Å²) in [5.74, 6) is -0.238. The van der Waals surface area contributed by atoms with Gasteiger partial charge in [0, 0.05) is 18.9 Å². The Morgan fingerprint density at radius 3 is 3.25 bits per heavy atom. The third-order valence-electron chi connectivity index (χ3n) is 2.09. The molecule has 80 valence electrons. The predicted octanol–water partition coefficient (Wildman–Crippen LogP) is 0.373. The maximum Gasteiger partial charge on any atom is 0.255 e. The Morgan fingerprint density at radius 1 is 1.56 bits per heavy atom. The number of rotatable bonds is 3. The normalized spacial score (nSPS) is 9.94. The van der Waals surface area contributed by atoms with Crippen molar-refractivity contribution in [2.75, 3.05) is 6.54 Å². The molecular formula is C10H9N5O. The summed E-state index contributed by atoms with van der Waals surface area (Å²) in [6.07, 6.45) is 6.62. The van der Waals surface area contributed by atoms with E-state index >= 15 is 0 Å². The van der Waals surface area contributed by atoms with Gasteiger partial charge in [0.25, 0.3) is 5.91 Å². The van der Waals surface area contributed by atoms with Crippen molar-refractivity contribution in [3.8, 4) is 6.07 Å². The van der Waals surface area contributed by atoms with Crippen LogP contribution in [0.1, 0.15) is 16.8 Å². The zero-order valence-corrected chi connectivity index (χ0v) is 8.42. The zero-order valence-electron chi connectivity index (χ0n) is 8.42. The van der Waals surface area contributed by atoms with E-state index in [1.165, 1.54) is 6.20 Å². The molecule has 16 heavy (non-hydrogen) atoms. The highest BCUT2D eigenvalue weighted by Crippen LogP contribution is 2.07. The van der Waals surface area contributed by atoms with Crippen LogP contribution in [0.4, 0.5) is 0 Å². The average molecular weight is 215 g/mol. The van der Waals surface area contributed by atoms with Crippen LogP contribution >= 0.6 is 0 Å². The van der Waals surface area contributed by atoms with Gasteiger partial charge >= 0.3 is 0 Å². The molecule has 0 aromatic carbocycles. The van der Waals surface area contributed by atoms with E-state index in [1.807, 2.05) is 6.07 Å². The van der Waals surface area contributed by atoms with Crippen molar-refractivity contribution >= 4 is 11.4 Å². The molecule has 6 heteroatoms. The second-order valence-corrected chi connectivity index (χ2v) is 3.13. The minimum Gasteiger partial charge on any atom is -0.351 e. The van der Waals surface area contributed by atoms with Gasteiger partial charge in [0.1, 0.15) is 0 Å². The van der Waals surface area contributed by atoms with Crippen LogP contribution in [-0.4, -0.2) is 27.0 Å². The number of nitrogens with zero attached hydrogens (tertiary/aromatic N) is 4. The van der Waals surface area contributed by atoms with E-state index in [2.05, 4.69) is 15.4 Å². The summed E-state index contributed by atoms with van der Waals surface area (Å²) in [5.41, 5.74) is 1.11. The van der Waals surface area contributed by atoms with E-state index in [9.17, 15) is 4.79 Å². The smallest absolute Gasteiger partial charge is 0.255 e. The van der Waals surface area contributed by atoms with Crippen LogP contribution in [0, 0.1) is 11.3 Å². The lowest BCUT2D eigenvalue weighted by atomic mass is 10.2. The van der Waals surface area contributed by atoms with Gasteiger partial charge in [-0.2, -0.15) is 10.4 Å². The highest BCUT2D eigenvalue weighted by Gasteiger charge is 2.11. The lowest BCUT2D eigenvalue weighted by Crippen LogP contribution is -2.24. The summed E-state index contributed by atoms with van der Waals surface area (Å²) in [7, 11) is 0. The molecule has 2 rings (SSSR count). The third kappa shape index (κ3) is 1.83. The van der Waals surface area contributed by atoms with Gasteiger partial charge in [-0.25, -0.2) is 4.52 Å². The molecule has 0 aliphatic carbocycles. The van der Waals surface area contributed by atoms with E-state index in [4.69, 9.17) is 5.26 Å². The summed E-state index contributed by atoms with van der Waals surface area (Å²) in [6.45, 7) is 0.340. The Balaban J connectivity index is 2.20. The van der Waals surface area contributed by atoms with Crippen molar-refractivity contribution in [2.24, 2.45) is 0 Å². The van der Waals surface area contributed by atoms with E-state index in [0.717, 1.165) is 0 Å². The van der Waals surface area contributed by atoms with Crippen LogP contribution in [0.15, 0.2) is 24.8 Å². The second-order valence-electron chi connectivity index (χ2n) is 3.13. The molecule has 0 aliphatic heterocycles. The first-order valence-corrected chi connectivity index (χ1v) is 4.75. The van der Waals surface area contributed by atoms with E-state index in [0.29, 0.717) is 24.0 Å². The first-order chi connectivity index (χ1) is 7.83. The Morgan fingerprint density at radius 2 is 2.44 bits per heavy atom. The molecule has 0 fully saturated rings. The van der Waals surface area contributed by atoms with Crippen molar-refractivity contribution in [1.29, 1.82) is 5.26 Å². The van der Waals surface area contributed by atoms with Gasteiger partial charge in [-0.15, -0.1) is 0 Å². The van der Waals surface area contributed by atoms with Gasteiger partial charge in [0.15, 0.2) is 0 Å². The molecule has 0 bridgehead atoms. The minimum atomic E-state index is -0.238. The Kier molecular flexibility index (Phi) is 2.78. The quantitative estimate of drug-likeness (QED) is 0.750. The number of amides is 1. The molecule has 2 heterocycles. The fourth-order valence-corrected chi connectivity index (χ4v) is 1.34. The molecule has 2 aromatic heterocycles. The fourth-order valence-electron chi connectivity index (χ4n) is 1.34. The van der Waals surface area contributed by atoms with E-state index in [-0.39, 0.29) is 5.91 Å². The van der Waals surface area contributed by atoms with Crippen molar-refractivity contribution in [3.63, 3.8) is 0 Å². The molecule has 1 amide bonds. The van der Waals surface area contributed by atoms with Gasteiger partial charge < -0.3 is 5.32 Å². The summed E-state index contributed by atoms with van der Waals surface area (Å²) >= 11 is 0. The van der Waals surface area contributed by atoms with Crippen LogP contribution in [0.3, 0.4) is 0 Å². The largest absolute Gasteiger partial charge is 0.351 e. The first kappa shape index (κ1) is 10.1. The lowest BCUT2D eigenvalue weighted by molar-refractivity contribution is 0.0956. The molecule has 6 nitrogen and oxygen atoms in total. The van der Waals surface area contributed by atoms with Crippen molar-refractivity contribution < 1.29 is 4.79 Å². The van der Waals surface area contributed by atoms with Crippen molar-refractivity contribution in [3.05, 3.63) is 30.4 Å². The van der Waals surface area contributed by atoms with Gasteiger partial charge in [0.2, 0.25) is 0 Å². The van der Waals surface area contributed by atoms with Crippen LogP contribution in [-0.2, 0) is 0 Å². The standard InChI is InChI=1S/C10H9N5O/c11-2-1-3-13-10(16)8-6-14-15-5-4-12-7-9(8)15/h4-7H,1,3H2,(H,13,16). The molecule has 0 aliphatic rings. The Bertz CT molecular complexity index is 554. The van der Waals surface area contributed by atoms with Crippen LogP contribution in [0.5, 0.6) is 0 Å². The van der Waals surface area contributed by atoms with Gasteiger partial charge in [-0.1, -0.05) is 0 Å².